The predicted molar refractivity (Wildman–Crippen MR) is 74.7 cm³/mol. The summed E-state index contributed by atoms with van der Waals surface area (Å²) in [6, 6.07) is 9.04. The minimum absolute atomic E-state index is 0.0399. The third kappa shape index (κ3) is 3.65. The highest BCUT2D eigenvalue weighted by molar-refractivity contribution is 5.94. The largest absolute Gasteiger partial charge is 0.478 e. The van der Waals surface area contributed by atoms with Gasteiger partial charge in [0.25, 0.3) is 0 Å². The van der Waals surface area contributed by atoms with Crippen molar-refractivity contribution in [1.82, 2.24) is 4.98 Å². The van der Waals surface area contributed by atoms with Crippen LogP contribution < -0.4 is 5.32 Å². The number of carboxylic acid groups (broad SMARTS) is 1. The highest BCUT2D eigenvalue weighted by Gasteiger charge is 2.07. The first-order chi connectivity index (χ1) is 9.54. The van der Waals surface area contributed by atoms with Gasteiger partial charge in [0.1, 0.15) is 0 Å². The van der Waals surface area contributed by atoms with Crippen molar-refractivity contribution in [2.24, 2.45) is 0 Å². The third-order valence-corrected chi connectivity index (χ3v) is 2.75. The Balaban J connectivity index is 2.02. The zero-order chi connectivity index (χ0) is 14.5. The van der Waals surface area contributed by atoms with Crippen molar-refractivity contribution in [3.63, 3.8) is 0 Å². The molecule has 0 bridgehead atoms. The Labute approximate surface area is 116 Å². The molecule has 2 aromatic rings. The smallest absolute Gasteiger partial charge is 0.337 e. The number of carbonyl (C=O) groups is 2. The van der Waals surface area contributed by atoms with Crippen molar-refractivity contribution < 1.29 is 14.7 Å². The van der Waals surface area contributed by atoms with Gasteiger partial charge >= 0.3 is 5.97 Å². The van der Waals surface area contributed by atoms with Crippen LogP contribution >= 0.6 is 0 Å². The number of carbonyl (C=O) groups excluding carboxylic acids is 1. The van der Waals surface area contributed by atoms with E-state index in [9.17, 15) is 9.59 Å². The Morgan fingerprint density at radius 2 is 1.90 bits per heavy atom. The molecule has 0 atom stereocenters. The summed E-state index contributed by atoms with van der Waals surface area (Å²) in [5.41, 5.74) is 2.45. The molecule has 0 saturated heterocycles. The van der Waals surface area contributed by atoms with Crippen LogP contribution in [-0.2, 0) is 11.2 Å². The van der Waals surface area contributed by atoms with E-state index in [1.54, 1.807) is 0 Å². The van der Waals surface area contributed by atoms with Crippen LogP contribution in [0.15, 0.2) is 42.7 Å². The summed E-state index contributed by atoms with van der Waals surface area (Å²) in [4.78, 5) is 26.5. The van der Waals surface area contributed by atoms with E-state index in [0.717, 1.165) is 11.1 Å². The average molecular weight is 270 g/mol. The van der Waals surface area contributed by atoms with Crippen LogP contribution in [0.5, 0.6) is 0 Å². The SMILES string of the molecule is Cc1ccc(CC(=O)Nc2cncc(C(=O)O)c2)cc1. The summed E-state index contributed by atoms with van der Waals surface area (Å²) in [5, 5.41) is 11.5. The minimum Gasteiger partial charge on any atom is -0.478 e. The molecule has 1 heterocycles. The zero-order valence-corrected chi connectivity index (χ0v) is 11.0. The Hall–Kier alpha value is -2.69. The Morgan fingerprint density at radius 1 is 1.20 bits per heavy atom. The topological polar surface area (TPSA) is 79.3 Å². The molecule has 5 heteroatoms. The predicted octanol–water partition coefficient (Wildman–Crippen LogP) is 2.27. The molecule has 0 aliphatic rings. The highest BCUT2D eigenvalue weighted by atomic mass is 16.4. The summed E-state index contributed by atoms with van der Waals surface area (Å²) in [5.74, 6) is -1.29. The highest BCUT2D eigenvalue weighted by Crippen LogP contribution is 2.10. The number of carboxylic acids is 1. The van der Waals surface area contributed by atoms with Crippen molar-refractivity contribution in [3.05, 3.63) is 59.4 Å². The molecule has 20 heavy (non-hydrogen) atoms. The van der Waals surface area contributed by atoms with Gasteiger partial charge in [-0.05, 0) is 18.6 Å². The summed E-state index contributed by atoms with van der Waals surface area (Å²) in [7, 11) is 0. The second kappa shape index (κ2) is 5.97. The fourth-order valence-electron chi connectivity index (χ4n) is 1.72. The van der Waals surface area contributed by atoms with Crippen LogP contribution in [0.4, 0.5) is 5.69 Å². The molecule has 0 saturated carbocycles. The summed E-state index contributed by atoms with van der Waals surface area (Å²) < 4.78 is 0. The van der Waals surface area contributed by atoms with Gasteiger partial charge in [-0.2, -0.15) is 0 Å². The van der Waals surface area contributed by atoms with E-state index in [2.05, 4.69) is 10.3 Å². The van der Waals surface area contributed by atoms with E-state index in [1.807, 2.05) is 31.2 Å². The summed E-state index contributed by atoms with van der Waals surface area (Å²) in [6.45, 7) is 1.98. The first-order valence-corrected chi connectivity index (χ1v) is 6.08. The number of anilines is 1. The number of hydrogen-bond acceptors (Lipinski definition) is 3. The Bertz CT molecular complexity index is 636. The van der Waals surface area contributed by atoms with Gasteiger partial charge in [-0.3, -0.25) is 9.78 Å². The van der Waals surface area contributed by atoms with Crippen LogP contribution in [0, 0.1) is 6.92 Å². The Kier molecular flexibility index (Phi) is 4.10. The number of nitrogens with one attached hydrogen (secondary N) is 1. The van der Waals surface area contributed by atoms with Gasteiger partial charge in [0.15, 0.2) is 0 Å². The second-order valence-corrected chi connectivity index (χ2v) is 4.48. The lowest BCUT2D eigenvalue weighted by Gasteiger charge is -2.06. The fraction of sp³-hybridized carbons (Fsp3) is 0.133. The summed E-state index contributed by atoms with van der Waals surface area (Å²) in [6.07, 6.45) is 2.88. The first-order valence-electron chi connectivity index (χ1n) is 6.08. The number of nitrogens with zero attached hydrogens (tertiary/aromatic N) is 1. The molecule has 1 aromatic heterocycles. The normalized spacial score (nSPS) is 10.1. The first kappa shape index (κ1) is 13.7. The van der Waals surface area contributed by atoms with Crippen LogP contribution in [-0.4, -0.2) is 22.0 Å². The molecule has 0 aliphatic heterocycles. The van der Waals surface area contributed by atoms with Crippen molar-refractivity contribution in [2.45, 2.75) is 13.3 Å². The maximum absolute atomic E-state index is 11.9. The van der Waals surface area contributed by atoms with Crippen molar-refractivity contribution in [2.75, 3.05) is 5.32 Å². The molecule has 102 valence electrons. The molecular weight excluding hydrogens is 256 g/mol. The van der Waals surface area contributed by atoms with E-state index in [1.165, 1.54) is 18.5 Å². The number of aromatic nitrogens is 1. The van der Waals surface area contributed by atoms with Gasteiger partial charge in [-0.1, -0.05) is 29.8 Å². The lowest BCUT2D eigenvalue weighted by atomic mass is 10.1. The number of amides is 1. The van der Waals surface area contributed by atoms with E-state index < -0.39 is 5.97 Å². The van der Waals surface area contributed by atoms with E-state index in [0.29, 0.717) is 5.69 Å². The summed E-state index contributed by atoms with van der Waals surface area (Å²) >= 11 is 0. The molecule has 0 spiro atoms. The molecule has 0 unspecified atom stereocenters. The molecule has 2 N–H and O–H groups in total. The Morgan fingerprint density at radius 3 is 2.55 bits per heavy atom. The van der Waals surface area contributed by atoms with Crippen LogP contribution in [0.2, 0.25) is 0 Å². The van der Waals surface area contributed by atoms with E-state index >= 15 is 0 Å². The number of rotatable bonds is 4. The van der Waals surface area contributed by atoms with Gasteiger partial charge in [0.05, 0.1) is 23.9 Å². The van der Waals surface area contributed by atoms with Crippen LogP contribution in [0.25, 0.3) is 0 Å². The number of pyridine rings is 1. The van der Waals surface area contributed by atoms with Gasteiger partial charge in [0, 0.05) is 6.20 Å². The van der Waals surface area contributed by atoms with Gasteiger partial charge in [0.2, 0.25) is 5.91 Å². The monoisotopic (exact) mass is 270 g/mol. The van der Waals surface area contributed by atoms with Crippen molar-refractivity contribution in [3.8, 4) is 0 Å². The second-order valence-electron chi connectivity index (χ2n) is 4.48. The van der Waals surface area contributed by atoms with Gasteiger partial charge in [-0.15, -0.1) is 0 Å². The van der Waals surface area contributed by atoms with Gasteiger partial charge in [-0.25, -0.2) is 4.79 Å². The number of hydrogen-bond donors (Lipinski definition) is 2. The zero-order valence-electron chi connectivity index (χ0n) is 11.0. The maximum Gasteiger partial charge on any atom is 0.337 e. The molecule has 0 aliphatic carbocycles. The molecule has 1 amide bonds. The van der Waals surface area contributed by atoms with Crippen molar-refractivity contribution in [1.29, 1.82) is 0 Å². The lowest BCUT2D eigenvalue weighted by Crippen LogP contribution is -2.15. The number of aryl methyl sites for hydroxylation is 1. The molecule has 2 rings (SSSR count). The molecule has 0 radical (unpaired) electrons. The van der Waals surface area contributed by atoms with Crippen LogP contribution in [0.1, 0.15) is 21.5 Å². The minimum atomic E-state index is -1.08. The number of benzene rings is 1. The maximum atomic E-state index is 11.9. The molecule has 0 fully saturated rings. The lowest BCUT2D eigenvalue weighted by molar-refractivity contribution is -0.115. The third-order valence-electron chi connectivity index (χ3n) is 2.75. The van der Waals surface area contributed by atoms with E-state index in [4.69, 9.17) is 5.11 Å². The standard InChI is InChI=1S/C15H14N2O3/c1-10-2-4-11(5-3-10)6-14(18)17-13-7-12(15(19)20)8-16-9-13/h2-5,7-9H,6H2,1H3,(H,17,18)(H,19,20). The van der Waals surface area contributed by atoms with E-state index in [-0.39, 0.29) is 17.9 Å². The number of aromatic carboxylic acids is 1. The quantitative estimate of drug-likeness (QED) is 0.893. The average Bonchev–Trinajstić information content (AvgIpc) is 2.41. The van der Waals surface area contributed by atoms with Crippen LogP contribution in [0.3, 0.4) is 0 Å². The van der Waals surface area contributed by atoms with Crippen molar-refractivity contribution >= 4 is 17.6 Å². The molecular formula is C15H14N2O3. The fourth-order valence-corrected chi connectivity index (χ4v) is 1.72. The molecule has 5 nitrogen and oxygen atoms in total. The molecule has 1 aromatic carbocycles. The van der Waals surface area contributed by atoms with Gasteiger partial charge < -0.3 is 10.4 Å².